The van der Waals surface area contributed by atoms with Crippen LogP contribution in [0.25, 0.3) is 6.08 Å². The number of halogens is 1. The molecule has 17 heavy (non-hydrogen) atoms. The molecule has 0 aliphatic carbocycles. The van der Waals surface area contributed by atoms with Crippen LogP contribution in [0.5, 0.6) is 0 Å². The normalized spacial score (nSPS) is 10.9. The summed E-state index contributed by atoms with van der Waals surface area (Å²) in [5.74, 6) is -0.788. The predicted molar refractivity (Wildman–Crippen MR) is 72.4 cm³/mol. The van der Waals surface area contributed by atoms with Gasteiger partial charge < -0.3 is 5.73 Å². The third-order valence-electron chi connectivity index (χ3n) is 1.80. The first-order valence-corrected chi connectivity index (χ1v) is 5.63. The molecule has 0 atom stereocenters. The quantitative estimate of drug-likeness (QED) is 0.345. The molecule has 0 saturated carbocycles. The number of amides is 1. The summed E-state index contributed by atoms with van der Waals surface area (Å²) in [5, 5.41) is 9.00. The molecule has 0 radical (unpaired) electrons. The van der Waals surface area contributed by atoms with Crippen LogP contribution in [-0.4, -0.2) is 11.9 Å². The van der Waals surface area contributed by atoms with E-state index in [-0.39, 0.29) is 5.96 Å². The van der Waals surface area contributed by atoms with Crippen LogP contribution in [0.1, 0.15) is 5.56 Å². The zero-order valence-electron chi connectivity index (χ0n) is 8.98. The van der Waals surface area contributed by atoms with Gasteiger partial charge in [0.1, 0.15) is 0 Å². The Hall–Kier alpha value is -1.88. The fourth-order valence-corrected chi connectivity index (χ4v) is 1.50. The highest BCUT2D eigenvalue weighted by atomic mass is 79.9. The van der Waals surface area contributed by atoms with Crippen LogP contribution in [-0.2, 0) is 4.79 Å². The van der Waals surface area contributed by atoms with Gasteiger partial charge >= 0.3 is 0 Å². The van der Waals surface area contributed by atoms with Crippen molar-refractivity contribution in [1.82, 2.24) is 5.32 Å². The summed E-state index contributed by atoms with van der Waals surface area (Å²) in [6, 6.07) is 7.74. The Kier molecular flexibility index (Phi) is 5.16. The molecule has 0 aliphatic rings. The van der Waals surface area contributed by atoms with Crippen molar-refractivity contribution >= 4 is 33.9 Å². The van der Waals surface area contributed by atoms with Gasteiger partial charge in [-0.1, -0.05) is 52.4 Å². The number of nitrogens with one attached hydrogen (secondary N) is 2. The minimum atomic E-state index is -0.422. The number of rotatable bonds is 3. The molecule has 0 saturated heterocycles. The first-order chi connectivity index (χ1) is 8.09. The maximum absolute atomic E-state index is 11.1. The van der Waals surface area contributed by atoms with Gasteiger partial charge in [-0.15, -0.1) is 0 Å². The molecule has 4 nitrogen and oxygen atoms in total. The number of hydrogen-bond donors (Lipinski definition) is 3. The van der Waals surface area contributed by atoms with Crippen molar-refractivity contribution in [2.75, 3.05) is 0 Å². The lowest BCUT2D eigenvalue weighted by Gasteiger charge is -1.96. The van der Waals surface area contributed by atoms with E-state index >= 15 is 0 Å². The highest BCUT2D eigenvalue weighted by molar-refractivity contribution is 9.10. The molecular formula is C12H12BrN3O. The van der Waals surface area contributed by atoms with Crippen molar-refractivity contribution in [1.29, 1.82) is 5.41 Å². The molecule has 0 fully saturated rings. The Morgan fingerprint density at radius 2 is 2.06 bits per heavy atom. The van der Waals surface area contributed by atoms with E-state index in [1.54, 1.807) is 12.2 Å². The van der Waals surface area contributed by atoms with Gasteiger partial charge in [0.25, 0.3) is 5.91 Å². The lowest BCUT2D eigenvalue weighted by molar-refractivity contribution is -0.115. The van der Waals surface area contributed by atoms with Crippen LogP contribution in [0.2, 0.25) is 0 Å². The lowest BCUT2D eigenvalue weighted by Crippen LogP contribution is -2.34. The number of carbonyl (C=O) groups is 1. The van der Waals surface area contributed by atoms with E-state index in [9.17, 15) is 4.79 Å². The van der Waals surface area contributed by atoms with E-state index in [1.165, 1.54) is 6.08 Å². The molecule has 1 aromatic rings. The van der Waals surface area contributed by atoms with E-state index in [2.05, 4.69) is 21.2 Å². The van der Waals surface area contributed by atoms with Crippen molar-refractivity contribution in [3.05, 3.63) is 52.5 Å². The largest absolute Gasteiger partial charge is 0.370 e. The molecule has 0 bridgehead atoms. The van der Waals surface area contributed by atoms with Crippen LogP contribution >= 0.6 is 15.9 Å². The van der Waals surface area contributed by atoms with Gasteiger partial charge in [-0.05, 0) is 11.6 Å². The standard InChI is InChI=1S/C12H12BrN3O/c13-10-7-3-1-5-9(10)6-2-4-8-11(17)16-12(14)15/h1-8H,(H4,14,15,16,17). The first kappa shape index (κ1) is 13.2. The average Bonchev–Trinajstić information content (AvgIpc) is 2.25. The van der Waals surface area contributed by atoms with Gasteiger partial charge in [0.2, 0.25) is 0 Å². The van der Waals surface area contributed by atoms with E-state index in [4.69, 9.17) is 11.1 Å². The highest BCUT2D eigenvalue weighted by Crippen LogP contribution is 2.16. The minimum absolute atomic E-state index is 0.366. The maximum Gasteiger partial charge on any atom is 0.250 e. The number of carbonyl (C=O) groups excluding carboxylic acids is 1. The van der Waals surface area contributed by atoms with Crippen LogP contribution < -0.4 is 11.1 Å². The summed E-state index contributed by atoms with van der Waals surface area (Å²) in [4.78, 5) is 11.1. The topological polar surface area (TPSA) is 79.0 Å². The fraction of sp³-hybridized carbons (Fsp3) is 0. The van der Waals surface area contributed by atoms with Gasteiger partial charge in [-0.2, -0.15) is 0 Å². The number of allylic oxidation sites excluding steroid dienone is 2. The molecule has 1 amide bonds. The summed E-state index contributed by atoms with van der Waals surface area (Å²) < 4.78 is 0.984. The van der Waals surface area contributed by atoms with Gasteiger partial charge in [-0.3, -0.25) is 15.5 Å². The van der Waals surface area contributed by atoms with Crippen molar-refractivity contribution in [2.45, 2.75) is 0 Å². The highest BCUT2D eigenvalue weighted by Gasteiger charge is 1.94. The molecule has 88 valence electrons. The maximum atomic E-state index is 11.1. The monoisotopic (exact) mass is 293 g/mol. The van der Waals surface area contributed by atoms with E-state index in [1.807, 2.05) is 30.3 Å². The van der Waals surface area contributed by atoms with Crippen molar-refractivity contribution < 1.29 is 4.79 Å². The number of guanidine groups is 1. The van der Waals surface area contributed by atoms with Crippen LogP contribution in [0.15, 0.2) is 47.0 Å². The Morgan fingerprint density at radius 1 is 1.35 bits per heavy atom. The molecule has 5 heteroatoms. The molecule has 1 aromatic carbocycles. The van der Waals surface area contributed by atoms with Gasteiger partial charge in [-0.25, -0.2) is 0 Å². The van der Waals surface area contributed by atoms with E-state index in [0.717, 1.165) is 10.0 Å². The minimum Gasteiger partial charge on any atom is -0.370 e. The first-order valence-electron chi connectivity index (χ1n) is 4.84. The Balaban J connectivity index is 2.56. The van der Waals surface area contributed by atoms with Gasteiger partial charge in [0.15, 0.2) is 5.96 Å². The second kappa shape index (κ2) is 6.65. The van der Waals surface area contributed by atoms with Gasteiger partial charge in [0.05, 0.1) is 0 Å². The molecule has 0 spiro atoms. The SMILES string of the molecule is N=C(N)NC(=O)C=CC=Cc1ccccc1Br. The smallest absolute Gasteiger partial charge is 0.250 e. The number of benzene rings is 1. The molecule has 0 aliphatic heterocycles. The molecule has 0 unspecified atom stereocenters. The third-order valence-corrected chi connectivity index (χ3v) is 2.52. The van der Waals surface area contributed by atoms with Crippen molar-refractivity contribution in [3.8, 4) is 0 Å². The Labute approximate surface area is 108 Å². The Bertz CT molecular complexity index is 480. The van der Waals surface area contributed by atoms with Gasteiger partial charge in [0, 0.05) is 10.5 Å². The van der Waals surface area contributed by atoms with E-state index < -0.39 is 5.91 Å². The summed E-state index contributed by atoms with van der Waals surface area (Å²) in [5.41, 5.74) is 6.02. The third kappa shape index (κ3) is 5.12. The zero-order chi connectivity index (χ0) is 12.7. The van der Waals surface area contributed by atoms with Crippen molar-refractivity contribution in [3.63, 3.8) is 0 Å². The summed E-state index contributed by atoms with van der Waals surface area (Å²) >= 11 is 3.41. The van der Waals surface area contributed by atoms with Crippen LogP contribution in [0.3, 0.4) is 0 Å². The molecule has 0 aromatic heterocycles. The summed E-state index contributed by atoms with van der Waals surface area (Å²) in [6.07, 6.45) is 6.48. The zero-order valence-corrected chi connectivity index (χ0v) is 10.6. The second-order valence-corrected chi connectivity index (χ2v) is 4.00. The lowest BCUT2D eigenvalue weighted by atomic mass is 10.2. The molecule has 1 rings (SSSR count). The Morgan fingerprint density at radius 3 is 2.71 bits per heavy atom. The molecule has 4 N–H and O–H groups in total. The molecular weight excluding hydrogens is 282 g/mol. The summed E-state index contributed by atoms with van der Waals surface area (Å²) in [7, 11) is 0. The van der Waals surface area contributed by atoms with Crippen LogP contribution in [0, 0.1) is 5.41 Å². The van der Waals surface area contributed by atoms with E-state index in [0.29, 0.717) is 0 Å². The fourth-order valence-electron chi connectivity index (χ4n) is 1.09. The van der Waals surface area contributed by atoms with Crippen LogP contribution in [0.4, 0.5) is 0 Å². The molecule has 0 heterocycles. The average molecular weight is 294 g/mol. The second-order valence-electron chi connectivity index (χ2n) is 3.14. The van der Waals surface area contributed by atoms with Crippen molar-refractivity contribution in [2.24, 2.45) is 5.73 Å². The number of hydrogen-bond acceptors (Lipinski definition) is 2. The summed E-state index contributed by atoms with van der Waals surface area (Å²) in [6.45, 7) is 0. The number of nitrogens with two attached hydrogens (primary N) is 1. The predicted octanol–water partition coefficient (Wildman–Crippen LogP) is 2.03.